The second-order valence-corrected chi connectivity index (χ2v) is 11.5. The summed E-state index contributed by atoms with van der Waals surface area (Å²) in [7, 11) is 0. The number of nitrogens with zero attached hydrogens (tertiary/aromatic N) is 1. The van der Waals surface area contributed by atoms with Crippen LogP contribution in [0.5, 0.6) is 0 Å². The quantitative estimate of drug-likeness (QED) is 0.181. The summed E-state index contributed by atoms with van der Waals surface area (Å²) in [4.78, 5) is 26.6. The Morgan fingerprint density at radius 3 is 2.52 bits per heavy atom. The molecule has 0 aromatic heterocycles. The van der Waals surface area contributed by atoms with E-state index in [1.165, 1.54) is 5.56 Å². The number of carboxylic acid groups (broad SMARTS) is 1. The number of aliphatic hydroxyl groups is 1. The van der Waals surface area contributed by atoms with E-state index in [0.717, 1.165) is 49.0 Å². The summed E-state index contributed by atoms with van der Waals surface area (Å²) in [5, 5.41) is 28.1. The first-order chi connectivity index (χ1) is 20.3. The highest BCUT2D eigenvalue weighted by Crippen LogP contribution is 2.45. The van der Waals surface area contributed by atoms with E-state index in [9.17, 15) is 14.7 Å². The summed E-state index contributed by atoms with van der Waals surface area (Å²) < 4.78 is 0. The molecule has 2 atom stereocenters. The van der Waals surface area contributed by atoms with Crippen LogP contribution >= 0.6 is 11.6 Å². The number of halogens is 1. The van der Waals surface area contributed by atoms with Crippen molar-refractivity contribution in [1.29, 1.82) is 0 Å². The molecule has 7 nitrogen and oxygen atoms in total. The predicted octanol–water partition coefficient (Wildman–Crippen LogP) is 6.47. The summed E-state index contributed by atoms with van der Waals surface area (Å²) in [6, 6.07) is 21.5. The van der Waals surface area contributed by atoms with Gasteiger partial charge in [-0.1, -0.05) is 74.0 Å². The van der Waals surface area contributed by atoms with Gasteiger partial charge in [0.1, 0.15) is 0 Å². The third kappa shape index (κ3) is 7.51. The van der Waals surface area contributed by atoms with Crippen LogP contribution in [0.25, 0.3) is 11.1 Å². The molecule has 1 fully saturated rings. The largest absolute Gasteiger partial charge is 0.465 e. The molecule has 0 aliphatic carbocycles. The van der Waals surface area contributed by atoms with Crippen LogP contribution in [0.4, 0.5) is 4.79 Å². The van der Waals surface area contributed by atoms with Crippen LogP contribution in [0.15, 0.2) is 66.7 Å². The van der Waals surface area contributed by atoms with Gasteiger partial charge < -0.3 is 25.7 Å². The van der Waals surface area contributed by atoms with E-state index in [0.29, 0.717) is 42.1 Å². The maximum Gasteiger partial charge on any atom is 0.404 e. The van der Waals surface area contributed by atoms with Gasteiger partial charge in [0.2, 0.25) is 0 Å². The van der Waals surface area contributed by atoms with Crippen LogP contribution < -0.4 is 10.6 Å². The van der Waals surface area contributed by atoms with Gasteiger partial charge in [0.25, 0.3) is 5.91 Å². The van der Waals surface area contributed by atoms with Gasteiger partial charge in [-0.3, -0.25) is 4.79 Å². The van der Waals surface area contributed by atoms with E-state index in [1.807, 2.05) is 59.5 Å². The Bertz CT molecular complexity index is 1360. The molecule has 42 heavy (non-hydrogen) atoms. The van der Waals surface area contributed by atoms with Crippen molar-refractivity contribution in [2.75, 3.05) is 26.2 Å². The minimum atomic E-state index is -1.34. The maximum absolute atomic E-state index is 13.6. The zero-order valence-electron chi connectivity index (χ0n) is 24.5. The highest BCUT2D eigenvalue weighted by Gasteiger charge is 2.43. The number of piperidine rings is 1. The standard InChI is InChI=1S/C34H42ClN3O4/c1-3-24-9-5-10-27(21-24)31-29(12-6-13-30(31)35)34(42,18-8-19-37-33(40)41)28-11-7-20-38(23-28)32(39)26-16-14-25(15-17-26)22-36-4-2/h5-6,9-10,12-17,21,28,36-37,42H,3-4,7-8,11,18-20,22-23H2,1-2H3,(H,40,41). The average molecular weight is 592 g/mol. The van der Waals surface area contributed by atoms with Crippen molar-refractivity contribution in [1.82, 2.24) is 15.5 Å². The summed E-state index contributed by atoms with van der Waals surface area (Å²) in [6.45, 7) is 7.01. The van der Waals surface area contributed by atoms with Crippen molar-refractivity contribution in [3.8, 4) is 11.1 Å². The Kier molecular flexibility index (Phi) is 11.0. The number of aryl methyl sites for hydroxylation is 1. The Morgan fingerprint density at radius 2 is 1.81 bits per heavy atom. The third-order valence-electron chi connectivity index (χ3n) is 8.28. The summed E-state index contributed by atoms with van der Waals surface area (Å²) >= 11 is 6.84. The van der Waals surface area contributed by atoms with E-state index in [4.69, 9.17) is 16.7 Å². The Hall–Kier alpha value is -3.39. The van der Waals surface area contributed by atoms with Crippen molar-refractivity contribution >= 4 is 23.6 Å². The third-order valence-corrected chi connectivity index (χ3v) is 8.59. The number of hydrogen-bond donors (Lipinski definition) is 4. The molecular weight excluding hydrogens is 550 g/mol. The molecule has 2 amide bonds. The fourth-order valence-corrected chi connectivity index (χ4v) is 6.29. The fraction of sp³-hybridized carbons (Fsp3) is 0.412. The van der Waals surface area contributed by atoms with Gasteiger partial charge in [0.05, 0.1) is 5.60 Å². The summed E-state index contributed by atoms with van der Waals surface area (Å²) in [5.74, 6) is -0.314. The molecule has 2 unspecified atom stereocenters. The van der Waals surface area contributed by atoms with Crippen LogP contribution in [0.3, 0.4) is 0 Å². The topological polar surface area (TPSA) is 102 Å². The van der Waals surface area contributed by atoms with Crippen molar-refractivity contribution in [2.45, 2.75) is 58.1 Å². The van der Waals surface area contributed by atoms with Crippen molar-refractivity contribution in [2.24, 2.45) is 5.92 Å². The summed E-state index contributed by atoms with van der Waals surface area (Å²) in [5.41, 5.74) is 4.00. The molecule has 0 spiro atoms. The minimum absolute atomic E-state index is 0.0495. The molecule has 0 saturated carbocycles. The molecule has 0 bridgehead atoms. The molecule has 8 heteroatoms. The molecule has 4 rings (SSSR count). The molecule has 224 valence electrons. The van der Waals surface area contributed by atoms with E-state index in [-0.39, 0.29) is 18.4 Å². The van der Waals surface area contributed by atoms with E-state index in [2.05, 4.69) is 36.6 Å². The normalized spacial score (nSPS) is 16.6. The summed E-state index contributed by atoms with van der Waals surface area (Å²) in [6.07, 6.45) is 2.01. The number of carbonyl (C=O) groups is 2. The van der Waals surface area contributed by atoms with Gasteiger partial charge >= 0.3 is 6.09 Å². The van der Waals surface area contributed by atoms with Crippen LogP contribution in [0, 0.1) is 5.92 Å². The van der Waals surface area contributed by atoms with Crippen LogP contribution in [-0.4, -0.2) is 53.3 Å². The monoisotopic (exact) mass is 591 g/mol. The number of nitrogens with one attached hydrogen (secondary N) is 2. The molecule has 3 aromatic carbocycles. The highest BCUT2D eigenvalue weighted by molar-refractivity contribution is 6.33. The zero-order valence-corrected chi connectivity index (χ0v) is 25.3. The number of rotatable bonds is 12. The Morgan fingerprint density at radius 1 is 1.05 bits per heavy atom. The zero-order chi connectivity index (χ0) is 30.1. The van der Waals surface area contributed by atoms with Gasteiger partial charge in [0.15, 0.2) is 0 Å². The van der Waals surface area contributed by atoms with Gasteiger partial charge in [-0.2, -0.15) is 0 Å². The first-order valence-electron chi connectivity index (χ1n) is 14.9. The molecule has 3 aromatic rings. The number of hydrogen-bond acceptors (Lipinski definition) is 4. The molecule has 1 heterocycles. The first kappa shape index (κ1) is 31.5. The van der Waals surface area contributed by atoms with Crippen LogP contribution in [-0.2, 0) is 18.6 Å². The number of likely N-dealkylation sites (tertiary alicyclic amines) is 1. The van der Waals surface area contributed by atoms with Gasteiger partial charge in [-0.15, -0.1) is 0 Å². The lowest BCUT2D eigenvalue weighted by Gasteiger charge is -2.44. The smallest absolute Gasteiger partial charge is 0.404 e. The lowest BCUT2D eigenvalue weighted by Crippen LogP contribution is -2.48. The van der Waals surface area contributed by atoms with Crippen molar-refractivity contribution in [3.63, 3.8) is 0 Å². The lowest BCUT2D eigenvalue weighted by atomic mass is 9.72. The lowest BCUT2D eigenvalue weighted by molar-refractivity contribution is -0.0563. The predicted molar refractivity (Wildman–Crippen MR) is 168 cm³/mol. The fourth-order valence-electron chi connectivity index (χ4n) is 6.01. The van der Waals surface area contributed by atoms with E-state index >= 15 is 0 Å². The highest BCUT2D eigenvalue weighted by atomic mass is 35.5. The molecule has 4 N–H and O–H groups in total. The second-order valence-electron chi connectivity index (χ2n) is 11.0. The van der Waals surface area contributed by atoms with Crippen molar-refractivity contribution < 1.29 is 19.8 Å². The maximum atomic E-state index is 13.6. The molecule has 1 saturated heterocycles. The average Bonchev–Trinajstić information content (AvgIpc) is 3.01. The molecule has 1 aliphatic rings. The van der Waals surface area contributed by atoms with Crippen LogP contribution in [0.2, 0.25) is 5.02 Å². The second kappa shape index (κ2) is 14.7. The van der Waals surface area contributed by atoms with E-state index in [1.54, 1.807) is 0 Å². The molecule has 0 radical (unpaired) electrons. The van der Waals surface area contributed by atoms with E-state index < -0.39 is 11.7 Å². The first-order valence-corrected chi connectivity index (χ1v) is 15.3. The Balaban J connectivity index is 1.67. The van der Waals surface area contributed by atoms with Crippen LogP contribution in [0.1, 0.15) is 66.6 Å². The Labute approximate surface area is 253 Å². The van der Waals surface area contributed by atoms with Gasteiger partial charge in [0, 0.05) is 48.2 Å². The number of amides is 2. The van der Waals surface area contributed by atoms with Gasteiger partial charge in [-0.25, -0.2) is 4.79 Å². The van der Waals surface area contributed by atoms with Gasteiger partial charge in [-0.05, 0) is 79.1 Å². The minimum Gasteiger partial charge on any atom is -0.465 e. The SMILES string of the molecule is CCNCc1ccc(C(=O)N2CCCC(C(O)(CCCNC(=O)O)c3cccc(Cl)c3-c3cccc(CC)c3)C2)cc1. The number of benzene rings is 3. The number of carbonyl (C=O) groups excluding carboxylic acids is 1. The molecule has 1 aliphatic heterocycles. The van der Waals surface area contributed by atoms with Crippen molar-refractivity contribution in [3.05, 3.63) is 94.0 Å². The molecular formula is C34H42ClN3O4.